The molecule has 0 radical (unpaired) electrons. The molecular formula is C24H33N3O3S. The summed E-state index contributed by atoms with van der Waals surface area (Å²) in [6.07, 6.45) is 2.73. The standard InChI is InChI=1S/C24H33N3O3S/c1-4-29-21-7-5-20(6-8-21)23-25-22(16-31-23)24(28)27-11-9-19(10-12-27)15-26-13-17(2)30-18(3)14-26/h5-8,16-19H,4,9-15H2,1-3H3. The molecule has 1 aromatic carbocycles. The first-order valence-electron chi connectivity index (χ1n) is 11.4. The molecule has 2 fully saturated rings. The van der Waals surface area contributed by atoms with Gasteiger partial charge in [-0.25, -0.2) is 4.98 Å². The Balaban J connectivity index is 1.30. The lowest BCUT2D eigenvalue weighted by Gasteiger charge is -2.39. The third-order valence-corrected chi connectivity index (χ3v) is 6.94. The molecule has 2 saturated heterocycles. The van der Waals surface area contributed by atoms with E-state index in [1.165, 1.54) is 11.3 Å². The maximum absolute atomic E-state index is 13.0. The van der Waals surface area contributed by atoms with Crippen molar-refractivity contribution >= 4 is 17.2 Å². The molecule has 2 atom stereocenters. The van der Waals surface area contributed by atoms with Crippen LogP contribution in [0.2, 0.25) is 0 Å². The van der Waals surface area contributed by atoms with Crippen molar-refractivity contribution in [2.45, 2.75) is 45.8 Å². The zero-order valence-corrected chi connectivity index (χ0v) is 19.6. The van der Waals surface area contributed by atoms with E-state index >= 15 is 0 Å². The van der Waals surface area contributed by atoms with Crippen LogP contribution in [-0.4, -0.2) is 72.2 Å². The van der Waals surface area contributed by atoms with Gasteiger partial charge in [0.15, 0.2) is 0 Å². The van der Waals surface area contributed by atoms with Gasteiger partial charge in [0.05, 0.1) is 18.8 Å². The zero-order chi connectivity index (χ0) is 21.8. The molecule has 6 nitrogen and oxygen atoms in total. The number of hydrogen-bond acceptors (Lipinski definition) is 6. The quantitative estimate of drug-likeness (QED) is 0.671. The molecule has 31 heavy (non-hydrogen) atoms. The van der Waals surface area contributed by atoms with Crippen molar-refractivity contribution in [1.82, 2.24) is 14.8 Å². The minimum absolute atomic E-state index is 0.0560. The van der Waals surface area contributed by atoms with Crippen LogP contribution in [0.1, 0.15) is 44.1 Å². The largest absolute Gasteiger partial charge is 0.494 e. The number of ether oxygens (including phenoxy) is 2. The number of thiazole rings is 1. The molecule has 3 heterocycles. The minimum atomic E-state index is 0.0560. The van der Waals surface area contributed by atoms with Crippen LogP contribution in [0, 0.1) is 5.92 Å². The summed E-state index contributed by atoms with van der Waals surface area (Å²) in [5.74, 6) is 1.56. The normalized spacial score (nSPS) is 23.1. The first-order valence-corrected chi connectivity index (χ1v) is 12.3. The number of likely N-dealkylation sites (tertiary alicyclic amines) is 1. The molecule has 2 aromatic rings. The van der Waals surface area contributed by atoms with Crippen molar-refractivity contribution in [3.05, 3.63) is 35.3 Å². The predicted molar refractivity (Wildman–Crippen MR) is 124 cm³/mol. The number of morpholine rings is 1. The van der Waals surface area contributed by atoms with Gasteiger partial charge >= 0.3 is 0 Å². The Kier molecular flexibility index (Phi) is 7.25. The molecule has 0 spiro atoms. The van der Waals surface area contributed by atoms with Gasteiger partial charge in [0.1, 0.15) is 16.5 Å². The molecule has 0 N–H and O–H groups in total. The van der Waals surface area contributed by atoms with E-state index in [-0.39, 0.29) is 5.91 Å². The predicted octanol–water partition coefficient (Wildman–Crippen LogP) is 4.17. The van der Waals surface area contributed by atoms with E-state index in [2.05, 4.69) is 23.7 Å². The van der Waals surface area contributed by atoms with E-state index in [4.69, 9.17) is 9.47 Å². The number of benzene rings is 1. The van der Waals surface area contributed by atoms with Gasteiger partial charge in [-0.1, -0.05) is 0 Å². The molecule has 7 heteroatoms. The van der Waals surface area contributed by atoms with Crippen LogP contribution in [0.4, 0.5) is 0 Å². The summed E-state index contributed by atoms with van der Waals surface area (Å²) in [5, 5.41) is 2.76. The Hall–Kier alpha value is -1.96. The second-order valence-corrected chi connectivity index (χ2v) is 9.56. The van der Waals surface area contributed by atoms with E-state index in [1.54, 1.807) is 0 Å². The highest BCUT2D eigenvalue weighted by Gasteiger charge is 2.29. The lowest BCUT2D eigenvalue weighted by molar-refractivity contribution is -0.0728. The fourth-order valence-corrected chi connectivity index (χ4v) is 5.44. The number of rotatable bonds is 6. The van der Waals surface area contributed by atoms with Crippen LogP contribution in [0.15, 0.2) is 29.6 Å². The monoisotopic (exact) mass is 443 g/mol. The van der Waals surface area contributed by atoms with Gasteiger partial charge in [0.25, 0.3) is 5.91 Å². The van der Waals surface area contributed by atoms with E-state index in [1.807, 2.05) is 41.5 Å². The van der Waals surface area contributed by atoms with Crippen molar-refractivity contribution in [2.24, 2.45) is 5.92 Å². The van der Waals surface area contributed by atoms with E-state index in [0.29, 0.717) is 30.4 Å². The Morgan fingerprint density at radius 3 is 2.48 bits per heavy atom. The highest BCUT2D eigenvalue weighted by atomic mass is 32.1. The summed E-state index contributed by atoms with van der Waals surface area (Å²) in [4.78, 5) is 22.1. The summed E-state index contributed by atoms with van der Waals surface area (Å²) >= 11 is 1.52. The van der Waals surface area contributed by atoms with Crippen molar-refractivity contribution in [1.29, 1.82) is 0 Å². The molecule has 2 aliphatic rings. The molecule has 168 valence electrons. The Morgan fingerprint density at radius 2 is 1.84 bits per heavy atom. The minimum Gasteiger partial charge on any atom is -0.494 e. The number of piperidine rings is 1. The summed E-state index contributed by atoms with van der Waals surface area (Å²) in [7, 11) is 0. The topological polar surface area (TPSA) is 54.9 Å². The van der Waals surface area contributed by atoms with Crippen molar-refractivity contribution in [3.63, 3.8) is 0 Å². The molecule has 1 aromatic heterocycles. The molecule has 2 unspecified atom stereocenters. The number of carbonyl (C=O) groups is 1. The molecule has 0 saturated carbocycles. The van der Waals surface area contributed by atoms with Crippen LogP contribution in [-0.2, 0) is 4.74 Å². The summed E-state index contributed by atoms with van der Waals surface area (Å²) in [5.41, 5.74) is 1.57. The molecular weight excluding hydrogens is 410 g/mol. The molecule has 4 rings (SSSR count). The number of nitrogens with zero attached hydrogens (tertiary/aromatic N) is 3. The lowest BCUT2D eigenvalue weighted by atomic mass is 9.95. The van der Waals surface area contributed by atoms with Gasteiger partial charge in [0.2, 0.25) is 0 Å². The number of amides is 1. The summed E-state index contributed by atoms with van der Waals surface area (Å²) in [6, 6.07) is 7.89. The Labute approximate surface area is 189 Å². The molecule has 1 amide bonds. The Morgan fingerprint density at radius 1 is 1.16 bits per heavy atom. The first kappa shape index (κ1) is 22.2. The summed E-state index contributed by atoms with van der Waals surface area (Å²) < 4.78 is 11.3. The highest BCUT2D eigenvalue weighted by Crippen LogP contribution is 2.27. The van der Waals surface area contributed by atoms with Gasteiger partial charge in [-0.2, -0.15) is 0 Å². The average molecular weight is 444 g/mol. The fourth-order valence-electron chi connectivity index (χ4n) is 4.64. The third-order valence-electron chi connectivity index (χ3n) is 6.05. The fraction of sp³-hybridized carbons (Fsp3) is 0.583. The van der Waals surface area contributed by atoms with Crippen molar-refractivity contribution < 1.29 is 14.3 Å². The van der Waals surface area contributed by atoms with E-state index < -0.39 is 0 Å². The maximum atomic E-state index is 13.0. The van der Waals surface area contributed by atoms with Crippen LogP contribution in [0.25, 0.3) is 10.6 Å². The van der Waals surface area contributed by atoms with Crippen LogP contribution in [0.5, 0.6) is 5.75 Å². The van der Waals surface area contributed by atoms with E-state index in [9.17, 15) is 4.79 Å². The van der Waals surface area contributed by atoms with Gasteiger partial charge in [-0.15, -0.1) is 11.3 Å². The molecule has 2 aliphatic heterocycles. The van der Waals surface area contributed by atoms with Crippen LogP contribution < -0.4 is 4.74 Å². The van der Waals surface area contributed by atoms with E-state index in [0.717, 1.165) is 61.9 Å². The second kappa shape index (κ2) is 10.1. The lowest BCUT2D eigenvalue weighted by Crippen LogP contribution is -2.48. The highest BCUT2D eigenvalue weighted by molar-refractivity contribution is 7.13. The SMILES string of the molecule is CCOc1ccc(-c2nc(C(=O)N3CCC(CN4CC(C)OC(C)C4)CC3)cs2)cc1. The number of hydrogen-bond donors (Lipinski definition) is 0. The van der Waals surface area contributed by atoms with Crippen LogP contribution >= 0.6 is 11.3 Å². The smallest absolute Gasteiger partial charge is 0.273 e. The Bertz CT molecular complexity index is 851. The van der Waals surface area contributed by atoms with Crippen molar-refractivity contribution in [3.8, 4) is 16.3 Å². The van der Waals surface area contributed by atoms with Gasteiger partial charge in [0, 0.05) is 43.7 Å². The maximum Gasteiger partial charge on any atom is 0.273 e. The summed E-state index contributed by atoms with van der Waals surface area (Å²) in [6.45, 7) is 11.7. The van der Waals surface area contributed by atoms with Crippen LogP contribution in [0.3, 0.4) is 0 Å². The van der Waals surface area contributed by atoms with Crippen molar-refractivity contribution in [2.75, 3.05) is 39.3 Å². The average Bonchev–Trinajstić information content (AvgIpc) is 3.24. The number of aromatic nitrogens is 1. The number of carbonyl (C=O) groups excluding carboxylic acids is 1. The second-order valence-electron chi connectivity index (χ2n) is 8.71. The zero-order valence-electron chi connectivity index (χ0n) is 18.8. The van der Waals surface area contributed by atoms with Gasteiger partial charge in [-0.3, -0.25) is 9.69 Å². The third kappa shape index (κ3) is 5.64. The van der Waals surface area contributed by atoms with Gasteiger partial charge < -0.3 is 14.4 Å². The molecule has 0 bridgehead atoms. The first-order chi connectivity index (χ1) is 15.0. The van der Waals surface area contributed by atoms with Gasteiger partial charge in [-0.05, 0) is 63.8 Å². The molecule has 0 aliphatic carbocycles.